The molecular formula is C17H19ClN6O2. The fourth-order valence-electron chi connectivity index (χ4n) is 4.06. The largest absolute Gasteiger partial charge is 0.453 e. The van der Waals surface area contributed by atoms with E-state index in [0.717, 1.165) is 49.2 Å². The molecule has 2 fully saturated rings. The van der Waals surface area contributed by atoms with Crippen molar-refractivity contribution in [3.05, 3.63) is 34.6 Å². The maximum atomic E-state index is 12.2. The number of aromatic nitrogens is 3. The third-order valence-corrected chi connectivity index (χ3v) is 5.69. The van der Waals surface area contributed by atoms with Crippen molar-refractivity contribution in [2.24, 2.45) is 5.41 Å². The first kappa shape index (κ1) is 15.9. The maximum absolute atomic E-state index is 12.2. The number of nitrogens with zero attached hydrogens (tertiary/aromatic N) is 5. The number of amides is 1. The number of anilines is 1. The maximum Gasteiger partial charge on any atom is 0.410 e. The van der Waals surface area contributed by atoms with Crippen molar-refractivity contribution < 1.29 is 9.53 Å². The van der Waals surface area contributed by atoms with Crippen LogP contribution in [0.2, 0.25) is 5.02 Å². The Morgan fingerprint density at radius 2 is 2.08 bits per heavy atom. The summed E-state index contributed by atoms with van der Waals surface area (Å²) in [5.74, 6) is 1.55. The van der Waals surface area contributed by atoms with Gasteiger partial charge in [0.05, 0.1) is 25.9 Å². The minimum absolute atomic E-state index is 0.340. The molecule has 1 N–H and O–H groups in total. The lowest BCUT2D eigenvalue weighted by Crippen LogP contribution is -2.71. The van der Waals surface area contributed by atoms with Gasteiger partial charge in [-0.05, 0) is 23.8 Å². The average Bonchev–Trinajstić information content (AvgIpc) is 2.87. The molecule has 1 spiro atoms. The van der Waals surface area contributed by atoms with Crippen LogP contribution in [0, 0.1) is 5.41 Å². The summed E-state index contributed by atoms with van der Waals surface area (Å²) in [5.41, 5.74) is 2.30. The molecule has 1 aromatic carbocycles. The minimum Gasteiger partial charge on any atom is -0.453 e. The summed E-state index contributed by atoms with van der Waals surface area (Å²) in [5, 5.41) is 12.8. The van der Waals surface area contributed by atoms with Crippen LogP contribution in [-0.2, 0) is 17.8 Å². The fourth-order valence-corrected chi connectivity index (χ4v) is 4.25. The van der Waals surface area contributed by atoms with Crippen LogP contribution in [0.1, 0.15) is 11.4 Å². The van der Waals surface area contributed by atoms with E-state index in [1.165, 1.54) is 7.11 Å². The molecule has 1 aromatic heterocycles. The van der Waals surface area contributed by atoms with Crippen molar-refractivity contribution in [3.8, 4) is 5.69 Å². The van der Waals surface area contributed by atoms with Gasteiger partial charge in [-0.2, -0.15) is 0 Å². The molecule has 2 saturated heterocycles. The Morgan fingerprint density at radius 1 is 1.27 bits per heavy atom. The van der Waals surface area contributed by atoms with E-state index in [1.54, 1.807) is 4.90 Å². The molecule has 4 heterocycles. The molecule has 0 aliphatic carbocycles. The van der Waals surface area contributed by atoms with Crippen LogP contribution >= 0.6 is 11.6 Å². The topological polar surface area (TPSA) is 75.5 Å². The van der Waals surface area contributed by atoms with Gasteiger partial charge in [0.2, 0.25) is 5.95 Å². The van der Waals surface area contributed by atoms with Gasteiger partial charge in [0.1, 0.15) is 0 Å². The van der Waals surface area contributed by atoms with E-state index >= 15 is 0 Å². The number of hydrogen-bond donors (Lipinski definition) is 1. The highest BCUT2D eigenvalue weighted by Gasteiger charge is 2.49. The van der Waals surface area contributed by atoms with Crippen LogP contribution in [0.3, 0.4) is 0 Å². The zero-order chi connectivity index (χ0) is 17.9. The second-order valence-corrected chi connectivity index (χ2v) is 7.75. The van der Waals surface area contributed by atoms with Crippen molar-refractivity contribution in [2.45, 2.75) is 13.1 Å². The zero-order valence-electron chi connectivity index (χ0n) is 14.4. The van der Waals surface area contributed by atoms with E-state index in [-0.39, 0.29) is 0 Å². The first-order valence-corrected chi connectivity index (χ1v) is 8.98. The molecule has 3 aliphatic heterocycles. The Labute approximate surface area is 155 Å². The summed E-state index contributed by atoms with van der Waals surface area (Å²) in [7, 11) is 1.38. The van der Waals surface area contributed by atoms with Gasteiger partial charge in [-0.3, -0.25) is 9.47 Å². The van der Waals surface area contributed by atoms with E-state index < -0.39 is 6.09 Å². The second kappa shape index (κ2) is 5.59. The summed E-state index contributed by atoms with van der Waals surface area (Å²) in [6, 6.07) is 5.71. The van der Waals surface area contributed by atoms with E-state index in [4.69, 9.17) is 16.3 Å². The molecule has 0 bridgehead atoms. The average molecular weight is 375 g/mol. The Kier molecular flexibility index (Phi) is 3.42. The lowest BCUT2D eigenvalue weighted by Gasteiger charge is -2.56. The van der Waals surface area contributed by atoms with Gasteiger partial charge >= 0.3 is 6.09 Å². The molecule has 0 saturated carbocycles. The molecule has 0 atom stereocenters. The van der Waals surface area contributed by atoms with E-state index in [9.17, 15) is 4.79 Å². The van der Waals surface area contributed by atoms with Crippen molar-refractivity contribution in [2.75, 3.05) is 38.2 Å². The summed E-state index contributed by atoms with van der Waals surface area (Å²) >= 11 is 6.20. The number of halogens is 1. The standard InChI is InChI=1S/C17H19ClN6O2/c1-26-16(25)22-5-11-4-12(18)2-3-13(11)24-14(6-22)20-21-15(24)23-9-17(10-23)7-19-8-17/h2-4,19H,5-10H2,1H3. The molecule has 8 nitrogen and oxygen atoms in total. The SMILES string of the molecule is COC(=O)N1Cc2cc(Cl)ccc2-n2c(nnc2N2CC3(CNC3)C2)C1. The van der Waals surface area contributed by atoms with Gasteiger partial charge in [0, 0.05) is 36.6 Å². The van der Waals surface area contributed by atoms with Crippen LogP contribution in [-0.4, -0.2) is 59.0 Å². The van der Waals surface area contributed by atoms with Crippen molar-refractivity contribution in [1.82, 2.24) is 25.0 Å². The number of carbonyl (C=O) groups excluding carboxylic acids is 1. The van der Waals surface area contributed by atoms with Crippen LogP contribution in [0.25, 0.3) is 5.69 Å². The van der Waals surface area contributed by atoms with Crippen molar-refractivity contribution in [1.29, 1.82) is 0 Å². The number of rotatable bonds is 1. The monoisotopic (exact) mass is 374 g/mol. The highest BCUT2D eigenvalue weighted by Crippen LogP contribution is 2.39. The van der Waals surface area contributed by atoms with Gasteiger partial charge in [0.25, 0.3) is 0 Å². The third kappa shape index (κ3) is 2.29. The number of benzene rings is 1. The van der Waals surface area contributed by atoms with Gasteiger partial charge in [-0.25, -0.2) is 4.79 Å². The second-order valence-electron chi connectivity index (χ2n) is 7.31. The first-order chi connectivity index (χ1) is 12.6. The fraction of sp³-hybridized carbons (Fsp3) is 0.471. The molecule has 1 amide bonds. The molecule has 2 aromatic rings. The summed E-state index contributed by atoms with van der Waals surface area (Å²) in [6.07, 6.45) is -0.391. The zero-order valence-corrected chi connectivity index (χ0v) is 15.2. The third-order valence-electron chi connectivity index (χ3n) is 5.46. The smallest absolute Gasteiger partial charge is 0.410 e. The Hall–Kier alpha value is -2.32. The predicted molar refractivity (Wildman–Crippen MR) is 95.5 cm³/mol. The Morgan fingerprint density at radius 3 is 2.77 bits per heavy atom. The number of fused-ring (bicyclic) bond motifs is 3. The van der Waals surface area contributed by atoms with Crippen LogP contribution in [0.4, 0.5) is 10.7 Å². The Bertz CT molecular complexity index is 885. The lowest BCUT2D eigenvalue weighted by atomic mass is 9.75. The number of ether oxygens (including phenoxy) is 1. The molecule has 136 valence electrons. The van der Waals surface area contributed by atoms with Gasteiger partial charge < -0.3 is 15.0 Å². The van der Waals surface area contributed by atoms with Crippen molar-refractivity contribution in [3.63, 3.8) is 0 Å². The Balaban J connectivity index is 1.57. The lowest BCUT2D eigenvalue weighted by molar-refractivity contribution is 0.117. The molecule has 3 aliphatic rings. The summed E-state index contributed by atoms with van der Waals surface area (Å²) in [4.78, 5) is 16.0. The van der Waals surface area contributed by atoms with Gasteiger partial charge in [-0.15, -0.1) is 10.2 Å². The van der Waals surface area contributed by atoms with Crippen molar-refractivity contribution >= 4 is 23.6 Å². The minimum atomic E-state index is -0.391. The summed E-state index contributed by atoms with van der Waals surface area (Å²) in [6.45, 7) is 4.83. The van der Waals surface area contributed by atoms with Gasteiger partial charge in [0.15, 0.2) is 5.82 Å². The van der Waals surface area contributed by atoms with Gasteiger partial charge in [-0.1, -0.05) is 11.6 Å². The molecule has 9 heteroatoms. The van der Waals surface area contributed by atoms with E-state index in [0.29, 0.717) is 23.5 Å². The van der Waals surface area contributed by atoms with Crippen LogP contribution in [0.15, 0.2) is 18.2 Å². The van der Waals surface area contributed by atoms with E-state index in [2.05, 4.69) is 20.4 Å². The molecule has 26 heavy (non-hydrogen) atoms. The highest BCUT2D eigenvalue weighted by molar-refractivity contribution is 6.30. The molecule has 0 radical (unpaired) electrons. The normalized spacial score (nSPS) is 19.9. The van der Waals surface area contributed by atoms with Crippen LogP contribution < -0.4 is 10.2 Å². The number of nitrogens with one attached hydrogen (secondary N) is 1. The molecule has 0 unspecified atom stereocenters. The summed E-state index contributed by atoms with van der Waals surface area (Å²) < 4.78 is 6.97. The molecule has 5 rings (SSSR count). The molecular weight excluding hydrogens is 356 g/mol. The quantitative estimate of drug-likeness (QED) is 0.813. The van der Waals surface area contributed by atoms with Crippen LogP contribution in [0.5, 0.6) is 0 Å². The van der Waals surface area contributed by atoms with E-state index in [1.807, 2.05) is 22.8 Å². The first-order valence-electron chi connectivity index (χ1n) is 8.60. The predicted octanol–water partition coefficient (Wildman–Crippen LogP) is 1.41. The highest BCUT2D eigenvalue weighted by atomic mass is 35.5. The number of carbonyl (C=O) groups is 1. The number of methoxy groups -OCH3 is 1. The number of hydrogen-bond acceptors (Lipinski definition) is 6.